The van der Waals surface area contributed by atoms with Gasteiger partial charge in [0.05, 0.1) is 6.54 Å². The van der Waals surface area contributed by atoms with E-state index in [2.05, 4.69) is 10.6 Å². The molecule has 154 valence electrons. The van der Waals surface area contributed by atoms with Gasteiger partial charge < -0.3 is 15.4 Å². The zero-order valence-corrected chi connectivity index (χ0v) is 17.2. The maximum absolute atomic E-state index is 12.9. The lowest BCUT2D eigenvalue weighted by Crippen LogP contribution is -2.36. The fourth-order valence-electron chi connectivity index (χ4n) is 2.61. The highest BCUT2D eigenvalue weighted by Crippen LogP contribution is 2.14. The van der Waals surface area contributed by atoms with E-state index in [1.165, 1.54) is 35.6 Å². The molecule has 0 aliphatic carbocycles. The van der Waals surface area contributed by atoms with Crippen LogP contribution in [0.4, 0.5) is 4.39 Å². The fraction of sp³-hybridized carbons (Fsp3) is 0.130. The molecule has 2 aromatic carbocycles. The molecule has 0 aliphatic heterocycles. The molecule has 5 nitrogen and oxygen atoms in total. The maximum atomic E-state index is 12.9. The van der Waals surface area contributed by atoms with Gasteiger partial charge in [-0.2, -0.15) is 0 Å². The van der Waals surface area contributed by atoms with E-state index in [0.29, 0.717) is 11.3 Å². The number of nitrogens with one attached hydrogen (secondary N) is 2. The molecule has 1 aromatic heterocycles. The number of carbonyl (C=O) groups is 2. The summed E-state index contributed by atoms with van der Waals surface area (Å²) in [5.74, 6) is -0.623. The Hall–Kier alpha value is -3.45. The molecule has 3 rings (SSSR count). The van der Waals surface area contributed by atoms with Crippen molar-refractivity contribution in [3.8, 4) is 5.75 Å². The third-order valence-corrected chi connectivity index (χ3v) is 4.89. The quantitative estimate of drug-likeness (QED) is 0.421. The summed E-state index contributed by atoms with van der Waals surface area (Å²) in [7, 11) is 0. The van der Waals surface area contributed by atoms with Crippen LogP contribution in [-0.4, -0.2) is 25.0 Å². The van der Waals surface area contributed by atoms with Gasteiger partial charge in [0.25, 0.3) is 11.8 Å². The number of benzene rings is 2. The number of ether oxygens (including phenoxy) is 1. The molecule has 2 amide bonds. The van der Waals surface area contributed by atoms with Gasteiger partial charge in [0.2, 0.25) is 0 Å². The summed E-state index contributed by atoms with van der Waals surface area (Å²) in [5.41, 5.74) is 1.57. The van der Waals surface area contributed by atoms with Gasteiger partial charge in [-0.25, -0.2) is 4.39 Å². The summed E-state index contributed by atoms with van der Waals surface area (Å²) >= 11 is 1.46. The third kappa shape index (κ3) is 6.28. The van der Waals surface area contributed by atoms with Crippen LogP contribution in [0.5, 0.6) is 5.75 Å². The first-order valence-electron chi connectivity index (χ1n) is 9.31. The molecule has 0 spiro atoms. The van der Waals surface area contributed by atoms with Gasteiger partial charge in [-0.3, -0.25) is 9.59 Å². The lowest BCUT2D eigenvalue weighted by molar-refractivity contribution is -0.117. The monoisotopic (exact) mass is 424 g/mol. The largest absolute Gasteiger partial charge is 0.492 e. The van der Waals surface area contributed by atoms with Crippen molar-refractivity contribution in [2.75, 3.05) is 13.2 Å². The average Bonchev–Trinajstić information content (AvgIpc) is 3.25. The predicted octanol–water partition coefficient (Wildman–Crippen LogP) is 4.16. The fourth-order valence-corrected chi connectivity index (χ4v) is 3.27. The van der Waals surface area contributed by atoms with Gasteiger partial charge in [-0.1, -0.05) is 23.8 Å². The van der Waals surface area contributed by atoms with Gasteiger partial charge in [0.15, 0.2) is 0 Å². The molecule has 0 bridgehead atoms. The van der Waals surface area contributed by atoms with Crippen molar-refractivity contribution >= 4 is 29.2 Å². The second-order valence-electron chi connectivity index (χ2n) is 6.46. The van der Waals surface area contributed by atoms with Crippen molar-refractivity contribution in [1.82, 2.24) is 10.6 Å². The molecule has 7 heteroatoms. The molecule has 3 aromatic rings. The number of amides is 2. The summed E-state index contributed by atoms with van der Waals surface area (Å²) in [6, 6.07) is 16.5. The van der Waals surface area contributed by atoms with Crippen LogP contribution in [0.15, 0.2) is 71.7 Å². The van der Waals surface area contributed by atoms with Crippen LogP contribution in [0, 0.1) is 12.7 Å². The maximum Gasteiger partial charge on any atom is 0.267 e. The van der Waals surface area contributed by atoms with E-state index in [4.69, 9.17) is 4.74 Å². The standard InChI is InChI=1S/C23H21FN2O3S/c1-16-4-2-5-17(14-16)22(27)26-21(15-20-6-3-13-30-20)23(28)25-11-12-29-19-9-7-18(24)8-10-19/h2-10,13-15H,11-12H2,1H3,(H,25,28)(H,26,27)/b21-15-. The Bertz CT molecular complexity index is 1030. The minimum absolute atomic E-state index is 0.144. The van der Waals surface area contributed by atoms with Crippen molar-refractivity contribution in [1.29, 1.82) is 0 Å². The molecule has 0 saturated carbocycles. The van der Waals surface area contributed by atoms with E-state index >= 15 is 0 Å². The number of thiophene rings is 1. The second-order valence-corrected chi connectivity index (χ2v) is 7.43. The van der Waals surface area contributed by atoms with Crippen LogP contribution in [0.3, 0.4) is 0 Å². The molecule has 30 heavy (non-hydrogen) atoms. The molecule has 1 heterocycles. The van der Waals surface area contributed by atoms with Crippen LogP contribution in [-0.2, 0) is 4.79 Å². The van der Waals surface area contributed by atoms with Gasteiger partial charge >= 0.3 is 0 Å². The van der Waals surface area contributed by atoms with Crippen LogP contribution in [0.25, 0.3) is 6.08 Å². The summed E-state index contributed by atoms with van der Waals surface area (Å²) < 4.78 is 18.4. The van der Waals surface area contributed by atoms with Crippen LogP contribution >= 0.6 is 11.3 Å². The molecule has 0 aliphatic rings. The first kappa shape index (κ1) is 21.3. The molecule has 0 saturated heterocycles. The molecule has 0 radical (unpaired) electrons. The number of halogens is 1. The minimum atomic E-state index is -0.424. The highest BCUT2D eigenvalue weighted by molar-refractivity contribution is 7.10. The van der Waals surface area contributed by atoms with E-state index in [9.17, 15) is 14.0 Å². The Kier molecular flexibility index (Phi) is 7.34. The molecular formula is C23H21FN2O3S. The summed E-state index contributed by atoms with van der Waals surface area (Å²) in [6.07, 6.45) is 1.63. The molecule has 0 fully saturated rings. The van der Waals surface area contributed by atoms with Crippen LogP contribution in [0.1, 0.15) is 20.8 Å². The van der Waals surface area contributed by atoms with Crippen LogP contribution < -0.4 is 15.4 Å². The van der Waals surface area contributed by atoms with Crippen LogP contribution in [0.2, 0.25) is 0 Å². The van der Waals surface area contributed by atoms with Crippen molar-refractivity contribution in [3.63, 3.8) is 0 Å². The van der Waals surface area contributed by atoms with Gasteiger partial charge in [-0.05, 0) is 60.8 Å². The normalized spacial score (nSPS) is 11.1. The summed E-state index contributed by atoms with van der Waals surface area (Å²) in [5, 5.41) is 7.32. The van der Waals surface area contributed by atoms with Gasteiger partial charge in [-0.15, -0.1) is 11.3 Å². The number of rotatable bonds is 8. The predicted molar refractivity (Wildman–Crippen MR) is 116 cm³/mol. The van der Waals surface area contributed by atoms with Gasteiger partial charge in [0.1, 0.15) is 23.9 Å². The van der Waals surface area contributed by atoms with E-state index < -0.39 is 5.91 Å². The first-order chi connectivity index (χ1) is 14.5. The molecular weight excluding hydrogens is 403 g/mol. The topological polar surface area (TPSA) is 67.4 Å². The molecule has 2 N–H and O–H groups in total. The highest BCUT2D eigenvalue weighted by atomic mass is 32.1. The number of carbonyl (C=O) groups excluding carboxylic acids is 2. The van der Waals surface area contributed by atoms with E-state index in [0.717, 1.165) is 10.4 Å². The number of hydrogen-bond acceptors (Lipinski definition) is 4. The SMILES string of the molecule is Cc1cccc(C(=O)N/C(=C\c2cccs2)C(=O)NCCOc2ccc(F)cc2)c1. The van der Waals surface area contributed by atoms with Crippen molar-refractivity contribution in [2.45, 2.75) is 6.92 Å². The Morgan fingerprint density at radius 2 is 1.90 bits per heavy atom. The van der Waals surface area contributed by atoms with Crippen molar-refractivity contribution in [3.05, 3.63) is 93.6 Å². The summed E-state index contributed by atoms with van der Waals surface area (Å²) in [4.78, 5) is 26.1. The van der Waals surface area contributed by atoms with E-state index in [-0.39, 0.29) is 30.6 Å². The average molecular weight is 424 g/mol. The number of aryl methyl sites for hydroxylation is 1. The Morgan fingerprint density at radius 3 is 2.60 bits per heavy atom. The van der Waals surface area contributed by atoms with Crippen molar-refractivity contribution < 1.29 is 18.7 Å². The minimum Gasteiger partial charge on any atom is -0.492 e. The first-order valence-corrected chi connectivity index (χ1v) is 10.2. The lowest BCUT2D eigenvalue weighted by Gasteiger charge is -2.12. The Balaban J connectivity index is 1.62. The van der Waals surface area contributed by atoms with Gasteiger partial charge in [0, 0.05) is 10.4 Å². The lowest BCUT2D eigenvalue weighted by atomic mass is 10.1. The zero-order chi connectivity index (χ0) is 21.3. The third-order valence-electron chi connectivity index (χ3n) is 4.07. The van der Waals surface area contributed by atoms with E-state index in [1.54, 1.807) is 24.3 Å². The zero-order valence-electron chi connectivity index (χ0n) is 16.4. The smallest absolute Gasteiger partial charge is 0.267 e. The molecule has 0 unspecified atom stereocenters. The molecule has 0 atom stereocenters. The number of hydrogen-bond donors (Lipinski definition) is 2. The van der Waals surface area contributed by atoms with Crippen molar-refractivity contribution in [2.24, 2.45) is 0 Å². The highest BCUT2D eigenvalue weighted by Gasteiger charge is 2.15. The Morgan fingerprint density at radius 1 is 1.10 bits per heavy atom. The van der Waals surface area contributed by atoms with E-state index in [1.807, 2.05) is 30.5 Å². The second kappa shape index (κ2) is 10.4. The summed E-state index contributed by atoms with van der Waals surface area (Å²) in [6.45, 7) is 2.32. The Labute approximate surface area is 178 Å².